The lowest BCUT2D eigenvalue weighted by Crippen LogP contribution is -2.45. The number of hydrogen-bond donors (Lipinski definition) is 6. The van der Waals surface area contributed by atoms with E-state index in [0.717, 1.165) is 19.6 Å². The molecule has 4 heterocycles. The number of rotatable bonds is 10. The summed E-state index contributed by atoms with van der Waals surface area (Å²) in [5, 5.41) is 58.9. The zero-order chi connectivity index (χ0) is 58.5. The Hall–Kier alpha value is -10.6. The van der Waals surface area contributed by atoms with E-state index in [2.05, 4.69) is 0 Å². The summed E-state index contributed by atoms with van der Waals surface area (Å²) in [6.07, 6.45) is 0. The number of phenolic OH excluding ortho intramolecular Hbond substituents is 4. The lowest BCUT2D eigenvalue weighted by atomic mass is 9.89. The fourth-order valence-electron chi connectivity index (χ4n) is 10.6. The molecule has 0 aromatic heterocycles. The van der Waals surface area contributed by atoms with Crippen molar-refractivity contribution in [3.8, 4) is 23.0 Å². The molecular weight excluding hydrogens is 1060 g/mol. The van der Waals surface area contributed by atoms with E-state index >= 15 is 0 Å². The summed E-state index contributed by atoms with van der Waals surface area (Å²) >= 11 is 0. The number of carbonyl (C=O) groups is 8. The highest BCUT2D eigenvalue weighted by Gasteiger charge is 2.53. The van der Waals surface area contributed by atoms with Crippen LogP contribution < -0.4 is 0 Å². The second-order valence-electron chi connectivity index (χ2n) is 18.8. The highest BCUT2D eigenvalue weighted by molar-refractivity contribution is 6.25. The van der Waals surface area contributed by atoms with E-state index in [0.29, 0.717) is 0 Å². The van der Waals surface area contributed by atoms with Crippen LogP contribution in [0.25, 0.3) is 0 Å². The van der Waals surface area contributed by atoms with Crippen molar-refractivity contribution in [2.24, 2.45) is 0 Å². The van der Waals surface area contributed by atoms with E-state index in [1.807, 2.05) is 0 Å². The predicted molar refractivity (Wildman–Crippen MR) is 300 cm³/mol. The average Bonchev–Trinajstić information content (AvgIpc) is 2.22. The molecule has 8 aromatic rings. The number of phenols is 4. The second kappa shape index (κ2) is 24.8. The molecular formula is C64H54N4O15. The summed E-state index contributed by atoms with van der Waals surface area (Å²) in [5.41, 5.74) is 1.83. The number of amides is 8. The van der Waals surface area contributed by atoms with Gasteiger partial charge in [0.1, 0.15) is 23.0 Å². The van der Waals surface area contributed by atoms with Crippen LogP contribution in [-0.2, 0) is 0 Å². The number of carbonyl (C=O) groups excluding carboxylic acids is 8. The molecule has 0 radical (unpaired) electrons. The minimum Gasteiger partial charge on any atom is -0.508 e. The van der Waals surface area contributed by atoms with Gasteiger partial charge in [0.25, 0.3) is 47.3 Å². The fourth-order valence-corrected chi connectivity index (χ4v) is 10.6. The first-order valence-corrected chi connectivity index (χ1v) is 25.8. The van der Waals surface area contributed by atoms with Crippen molar-refractivity contribution in [2.75, 3.05) is 13.2 Å². The molecule has 4 aliphatic rings. The van der Waals surface area contributed by atoms with Gasteiger partial charge >= 0.3 is 0 Å². The Kier molecular flexibility index (Phi) is 17.5. The monoisotopic (exact) mass is 1120 g/mol. The SMILES string of the molecule is CCO.CCO.O.O=C1c2ccccc2C(=O)N1[C@@H](c1ccccc1O)[C@H](c1ccccc1O)N1C(=O)c2ccccc2C1=O.O=C1c2ccccc2C(=O)N1[C@@H](c1ccccc1O)[C@H](c1ccccc1O)N1C(=O)c2ccccc2C1=O. The number of aliphatic hydroxyl groups excluding tert-OH is 2. The molecule has 0 aliphatic carbocycles. The normalized spacial score (nSPS) is 15.1. The van der Waals surface area contributed by atoms with E-state index in [4.69, 9.17) is 10.2 Å². The van der Waals surface area contributed by atoms with E-state index < -0.39 is 71.4 Å². The van der Waals surface area contributed by atoms with Crippen molar-refractivity contribution >= 4 is 47.3 Å². The highest BCUT2D eigenvalue weighted by Crippen LogP contribution is 2.51. The predicted octanol–water partition coefficient (Wildman–Crippen LogP) is 8.12. The van der Waals surface area contributed by atoms with E-state index in [-0.39, 0.29) is 108 Å². The van der Waals surface area contributed by atoms with E-state index in [1.54, 1.807) is 111 Å². The maximum Gasteiger partial charge on any atom is 0.262 e. The molecule has 19 nitrogen and oxygen atoms in total. The van der Waals surface area contributed by atoms with Gasteiger partial charge in [0, 0.05) is 35.5 Å². The van der Waals surface area contributed by atoms with Gasteiger partial charge in [-0.15, -0.1) is 0 Å². The van der Waals surface area contributed by atoms with Crippen LogP contribution in [0.3, 0.4) is 0 Å². The van der Waals surface area contributed by atoms with Crippen molar-refractivity contribution in [1.82, 2.24) is 19.6 Å². The lowest BCUT2D eigenvalue weighted by molar-refractivity contribution is 0.0350. The Morgan fingerprint density at radius 2 is 0.386 bits per heavy atom. The van der Waals surface area contributed by atoms with Crippen LogP contribution in [0, 0.1) is 0 Å². The first-order valence-electron chi connectivity index (χ1n) is 25.8. The van der Waals surface area contributed by atoms with Gasteiger partial charge in [-0.25, -0.2) is 0 Å². The minimum absolute atomic E-state index is 0. The number of para-hydroxylation sites is 4. The van der Waals surface area contributed by atoms with Crippen LogP contribution in [0.5, 0.6) is 23.0 Å². The van der Waals surface area contributed by atoms with Crippen molar-refractivity contribution in [2.45, 2.75) is 38.0 Å². The summed E-state index contributed by atoms with van der Waals surface area (Å²) in [6, 6.07) is 44.2. The first kappa shape index (κ1) is 58.5. The topological polar surface area (TPSA) is 302 Å². The molecule has 8 amide bonds. The Bertz CT molecular complexity index is 3230. The molecule has 0 saturated heterocycles. The Morgan fingerprint density at radius 1 is 0.265 bits per heavy atom. The van der Waals surface area contributed by atoms with Crippen LogP contribution in [0.1, 0.15) is 143 Å². The number of nitrogens with zero attached hydrogens (tertiary/aromatic N) is 4. The molecule has 12 rings (SSSR count). The molecule has 0 spiro atoms. The Morgan fingerprint density at radius 3 is 0.518 bits per heavy atom. The second-order valence-corrected chi connectivity index (χ2v) is 18.8. The summed E-state index contributed by atoms with van der Waals surface area (Å²) < 4.78 is 0. The van der Waals surface area contributed by atoms with Crippen LogP contribution >= 0.6 is 0 Å². The number of aliphatic hydroxyl groups is 2. The number of imide groups is 4. The van der Waals surface area contributed by atoms with Crippen LogP contribution in [0.15, 0.2) is 194 Å². The van der Waals surface area contributed by atoms with Crippen molar-refractivity contribution in [3.63, 3.8) is 0 Å². The van der Waals surface area contributed by atoms with Gasteiger partial charge in [-0.05, 0) is 86.6 Å². The van der Waals surface area contributed by atoms with Crippen LogP contribution in [0.4, 0.5) is 0 Å². The Labute approximate surface area is 474 Å². The molecule has 420 valence electrons. The zero-order valence-corrected chi connectivity index (χ0v) is 44.4. The van der Waals surface area contributed by atoms with Gasteiger partial charge in [-0.1, -0.05) is 121 Å². The molecule has 8 aromatic carbocycles. The molecule has 4 aliphatic heterocycles. The number of fused-ring (bicyclic) bond motifs is 4. The fraction of sp³-hybridized carbons (Fsp3) is 0.125. The van der Waals surface area contributed by atoms with Gasteiger partial charge < -0.3 is 36.1 Å². The van der Waals surface area contributed by atoms with Crippen LogP contribution in [-0.4, -0.2) is 116 Å². The van der Waals surface area contributed by atoms with Gasteiger partial charge in [0.15, 0.2) is 0 Å². The summed E-state index contributed by atoms with van der Waals surface area (Å²) in [6.45, 7) is 3.86. The third-order valence-corrected chi connectivity index (χ3v) is 14.0. The summed E-state index contributed by atoms with van der Waals surface area (Å²) in [4.78, 5) is 114. The van der Waals surface area contributed by atoms with Crippen molar-refractivity contribution in [1.29, 1.82) is 0 Å². The zero-order valence-electron chi connectivity index (χ0n) is 44.4. The van der Waals surface area contributed by atoms with Crippen LogP contribution in [0.2, 0.25) is 0 Å². The van der Waals surface area contributed by atoms with E-state index in [9.17, 15) is 58.8 Å². The number of hydrogen-bond acceptors (Lipinski definition) is 14. The highest BCUT2D eigenvalue weighted by atomic mass is 16.3. The summed E-state index contributed by atoms with van der Waals surface area (Å²) in [7, 11) is 0. The third kappa shape index (κ3) is 10.5. The maximum atomic E-state index is 13.7. The van der Waals surface area contributed by atoms with Crippen molar-refractivity contribution in [3.05, 3.63) is 261 Å². The smallest absolute Gasteiger partial charge is 0.262 e. The molecule has 0 fully saturated rings. The van der Waals surface area contributed by atoms with E-state index in [1.165, 1.54) is 97.1 Å². The van der Waals surface area contributed by atoms with Gasteiger partial charge in [0.05, 0.1) is 68.7 Å². The number of aromatic hydroxyl groups is 4. The quantitative estimate of drug-likeness (QED) is 0.0705. The minimum atomic E-state index is -1.36. The van der Waals surface area contributed by atoms with Gasteiger partial charge in [-0.3, -0.25) is 58.0 Å². The molecule has 4 atom stereocenters. The lowest BCUT2D eigenvalue weighted by Gasteiger charge is -2.38. The molecule has 8 N–H and O–H groups in total. The standard InChI is InChI=1S/2C30H20N2O6.2C2H6O.H2O/c2*33-23-15-7-5-13-21(23)25(31-27(35)17-9-1-2-10-18(17)28(31)36)26(22-14-6-8-16-24(22)34)32-29(37)19-11-3-4-12-20(19)30(32)38;2*1-2-3;/h2*1-16,25-26,33-34H;2*3H,2H2,1H3;1H2/t2*25-,26-;;;/m00.../s1. The van der Waals surface area contributed by atoms with Gasteiger partial charge in [-0.2, -0.15) is 0 Å². The number of benzene rings is 8. The average molecular weight is 1120 g/mol. The maximum absolute atomic E-state index is 13.7. The summed E-state index contributed by atoms with van der Waals surface area (Å²) in [5.74, 6) is -6.12. The molecule has 19 heteroatoms. The largest absolute Gasteiger partial charge is 0.508 e. The first-order chi connectivity index (χ1) is 39.6. The molecule has 0 bridgehead atoms. The molecule has 0 saturated carbocycles. The molecule has 0 unspecified atom stereocenters. The third-order valence-electron chi connectivity index (χ3n) is 14.0. The van der Waals surface area contributed by atoms with Crippen molar-refractivity contribution < 1.29 is 74.5 Å². The van der Waals surface area contributed by atoms with Gasteiger partial charge in [0.2, 0.25) is 0 Å². The Balaban J connectivity index is 0.000000196. The molecule has 83 heavy (non-hydrogen) atoms.